The molecule has 1 aliphatic heterocycles. The minimum Gasteiger partial charge on any atom is -0.351 e. The van der Waals surface area contributed by atoms with E-state index < -0.39 is 5.41 Å². The third-order valence-electron chi connectivity index (χ3n) is 3.28. The van der Waals surface area contributed by atoms with Gasteiger partial charge < -0.3 is 10.2 Å². The van der Waals surface area contributed by atoms with Crippen LogP contribution in [0.3, 0.4) is 0 Å². The number of hydrogen-bond acceptors (Lipinski definition) is 2. The Morgan fingerprint density at radius 1 is 1.30 bits per heavy atom. The minimum atomic E-state index is -0.448. The lowest BCUT2D eigenvalue weighted by Gasteiger charge is -2.21. The second kappa shape index (κ2) is 5.44. The van der Waals surface area contributed by atoms with Gasteiger partial charge in [-0.25, -0.2) is 0 Å². The fourth-order valence-electron chi connectivity index (χ4n) is 2.08. The molecule has 1 saturated heterocycles. The van der Waals surface area contributed by atoms with Gasteiger partial charge >= 0.3 is 0 Å². The molecule has 4 nitrogen and oxygen atoms in total. The van der Waals surface area contributed by atoms with E-state index in [-0.39, 0.29) is 17.9 Å². The van der Waals surface area contributed by atoms with Gasteiger partial charge in [0.2, 0.25) is 11.8 Å². The van der Waals surface area contributed by atoms with Crippen LogP contribution >= 0.6 is 11.6 Å². The molecule has 2 amide bonds. The zero-order valence-corrected chi connectivity index (χ0v) is 12.7. The molecular weight excluding hydrogens is 276 g/mol. The Morgan fingerprint density at radius 3 is 2.45 bits per heavy atom. The largest absolute Gasteiger partial charge is 0.351 e. The summed E-state index contributed by atoms with van der Waals surface area (Å²) < 4.78 is 0. The second-order valence-electron chi connectivity index (χ2n) is 6.11. The summed E-state index contributed by atoms with van der Waals surface area (Å²) in [7, 11) is 0. The first kappa shape index (κ1) is 14.9. The van der Waals surface area contributed by atoms with E-state index in [1.54, 1.807) is 17.0 Å². The van der Waals surface area contributed by atoms with Crippen LogP contribution < -0.4 is 10.2 Å². The maximum absolute atomic E-state index is 12.0. The van der Waals surface area contributed by atoms with Crippen LogP contribution in [0.15, 0.2) is 24.3 Å². The fraction of sp³-hybridized carbons (Fsp3) is 0.467. The summed E-state index contributed by atoms with van der Waals surface area (Å²) in [5, 5.41) is 3.57. The summed E-state index contributed by atoms with van der Waals surface area (Å²) in [6.45, 7) is 6.07. The SMILES string of the molecule is CC(C)(C)C(=O)NC1CC(=O)N(c2ccc(Cl)cc2)C1. The van der Waals surface area contributed by atoms with E-state index in [0.29, 0.717) is 18.0 Å². The van der Waals surface area contributed by atoms with E-state index in [9.17, 15) is 9.59 Å². The lowest BCUT2D eigenvalue weighted by Crippen LogP contribution is -2.43. The summed E-state index contributed by atoms with van der Waals surface area (Å²) in [6, 6.07) is 7.00. The zero-order valence-electron chi connectivity index (χ0n) is 11.9. The number of amides is 2. The number of nitrogens with zero attached hydrogens (tertiary/aromatic N) is 1. The van der Waals surface area contributed by atoms with E-state index in [1.165, 1.54) is 0 Å². The number of anilines is 1. The summed E-state index contributed by atoms with van der Waals surface area (Å²) in [4.78, 5) is 25.7. The van der Waals surface area contributed by atoms with Gasteiger partial charge in [-0.1, -0.05) is 32.4 Å². The van der Waals surface area contributed by atoms with Gasteiger partial charge in [0.05, 0.1) is 6.04 Å². The second-order valence-corrected chi connectivity index (χ2v) is 6.54. The monoisotopic (exact) mass is 294 g/mol. The van der Waals surface area contributed by atoms with Crippen LogP contribution in [0.1, 0.15) is 27.2 Å². The maximum atomic E-state index is 12.0. The Morgan fingerprint density at radius 2 is 1.90 bits per heavy atom. The standard InChI is InChI=1S/C15H19ClN2O2/c1-15(2,3)14(20)17-11-8-13(19)18(9-11)12-6-4-10(16)5-7-12/h4-7,11H,8-9H2,1-3H3,(H,17,20). The molecule has 1 atom stereocenters. The van der Waals surface area contributed by atoms with Gasteiger partial charge in [0.1, 0.15) is 0 Å². The van der Waals surface area contributed by atoms with Crippen molar-refractivity contribution < 1.29 is 9.59 Å². The van der Waals surface area contributed by atoms with Gasteiger partial charge in [0.25, 0.3) is 0 Å². The van der Waals surface area contributed by atoms with Crippen molar-refractivity contribution in [1.82, 2.24) is 5.32 Å². The van der Waals surface area contributed by atoms with Crippen LogP contribution in [0.2, 0.25) is 5.02 Å². The molecule has 1 aromatic rings. The van der Waals surface area contributed by atoms with Crippen molar-refractivity contribution in [1.29, 1.82) is 0 Å². The minimum absolute atomic E-state index is 0.0199. The first-order valence-electron chi connectivity index (χ1n) is 6.64. The molecule has 0 saturated carbocycles. The van der Waals surface area contributed by atoms with Crippen LogP contribution in [0, 0.1) is 5.41 Å². The third-order valence-corrected chi connectivity index (χ3v) is 3.53. The summed E-state index contributed by atoms with van der Waals surface area (Å²) in [6.07, 6.45) is 0.338. The van der Waals surface area contributed by atoms with Crippen molar-refractivity contribution in [2.45, 2.75) is 33.2 Å². The molecule has 1 unspecified atom stereocenters. The molecule has 0 radical (unpaired) electrons. The van der Waals surface area contributed by atoms with Crippen molar-refractivity contribution in [3.63, 3.8) is 0 Å². The molecule has 1 fully saturated rings. The van der Waals surface area contributed by atoms with Crippen LogP contribution in [0.4, 0.5) is 5.69 Å². The number of carbonyl (C=O) groups is 2. The highest BCUT2D eigenvalue weighted by molar-refractivity contribution is 6.30. The average Bonchev–Trinajstić information content (AvgIpc) is 2.70. The van der Waals surface area contributed by atoms with Gasteiger partial charge in [-0.15, -0.1) is 0 Å². The van der Waals surface area contributed by atoms with Crippen LogP contribution in [0.5, 0.6) is 0 Å². The molecule has 0 aromatic heterocycles. The van der Waals surface area contributed by atoms with Gasteiger partial charge in [0, 0.05) is 29.1 Å². The van der Waals surface area contributed by atoms with E-state index in [4.69, 9.17) is 11.6 Å². The van der Waals surface area contributed by atoms with E-state index in [2.05, 4.69) is 5.32 Å². The first-order valence-corrected chi connectivity index (χ1v) is 7.02. The van der Waals surface area contributed by atoms with E-state index in [1.807, 2.05) is 32.9 Å². The Hall–Kier alpha value is -1.55. The molecule has 1 heterocycles. The molecule has 2 rings (SSSR count). The number of nitrogens with one attached hydrogen (secondary N) is 1. The number of benzene rings is 1. The quantitative estimate of drug-likeness (QED) is 0.911. The molecule has 20 heavy (non-hydrogen) atoms. The van der Waals surface area contributed by atoms with Gasteiger partial charge in [-0.2, -0.15) is 0 Å². The number of hydrogen-bond donors (Lipinski definition) is 1. The molecule has 0 bridgehead atoms. The van der Waals surface area contributed by atoms with E-state index >= 15 is 0 Å². The van der Waals surface area contributed by atoms with Crippen LogP contribution in [-0.2, 0) is 9.59 Å². The maximum Gasteiger partial charge on any atom is 0.229 e. The van der Waals surface area contributed by atoms with Crippen molar-refractivity contribution in [2.24, 2.45) is 5.41 Å². The highest BCUT2D eigenvalue weighted by Gasteiger charge is 2.33. The fourth-order valence-corrected chi connectivity index (χ4v) is 2.20. The highest BCUT2D eigenvalue weighted by atomic mass is 35.5. The predicted molar refractivity (Wildman–Crippen MR) is 79.8 cm³/mol. The third kappa shape index (κ3) is 3.31. The first-order chi connectivity index (χ1) is 9.27. The molecular formula is C15H19ClN2O2. The van der Waals surface area contributed by atoms with Crippen LogP contribution in [0.25, 0.3) is 0 Å². The smallest absolute Gasteiger partial charge is 0.229 e. The molecule has 0 aliphatic carbocycles. The topological polar surface area (TPSA) is 49.4 Å². The predicted octanol–water partition coefficient (Wildman–Crippen LogP) is 2.61. The summed E-state index contributed by atoms with van der Waals surface area (Å²) in [5.41, 5.74) is 0.364. The van der Waals surface area contributed by atoms with E-state index in [0.717, 1.165) is 5.69 Å². The number of halogens is 1. The Kier molecular flexibility index (Phi) is 4.04. The number of carbonyl (C=O) groups excluding carboxylic acids is 2. The van der Waals surface area contributed by atoms with Gasteiger partial charge in [-0.05, 0) is 24.3 Å². The zero-order chi connectivity index (χ0) is 14.9. The Labute approximate surface area is 124 Å². The van der Waals surface area contributed by atoms with Gasteiger partial charge in [-0.3, -0.25) is 9.59 Å². The van der Waals surface area contributed by atoms with Gasteiger partial charge in [0.15, 0.2) is 0 Å². The summed E-state index contributed by atoms with van der Waals surface area (Å²) in [5.74, 6) is -0.0141. The lowest BCUT2D eigenvalue weighted by molar-refractivity contribution is -0.129. The molecule has 0 spiro atoms. The van der Waals surface area contributed by atoms with Crippen molar-refractivity contribution in [2.75, 3.05) is 11.4 Å². The molecule has 1 aliphatic rings. The highest BCUT2D eigenvalue weighted by Crippen LogP contribution is 2.24. The lowest BCUT2D eigenvalue weighted by atomic mass is 9.95. The Bertz CT molecular complexity index is 520. The van der Waals surface area contributed by atoms with Crippen molar-refractivity contribution in [3.8, 4) is 0 Å². The van der Waals surface area contributed by atoms with Crippen molar-refractivity contribution >= 4 is 29.1 Å². The van der Waals surface area contributed by atoms with Crippen molar-refractivity contribution in [3.05, 3.63) is 29.3 Å². The molecule has 5 heteroatoms. The molecule has 1 aromatic carbocycles. The van der Waals surface area contributed by atoms with Crippen LogP contribution in [-0.4, -0.2) is 24.4 Å². The Balaban J connectivity index is 2.04. The average molecular weight is 295 g/mol. The number of rotatable bonds is 2. The normalized spacial score (nSPS) is 19.3. The molecule has 108 valence electrons. The summed E-state index contributed by atoms with van der Waals surface area (Å²) >= 11 is 5.84. The molecule has 1 N–H and O–H groups in total.